The van der Waals surface area contributed by atoms with Crippen LogP contribution in [0.3, 0.4) is 0 Å². The third-order valence-corrected chi connectivity index (χ3v) is 2.54. The van der Waals surface area contributed by atoms with E-state index in [1.54, 1.807) is 13.1 Å². The second kappa shape index (κ2) is 3.82. The van der Waals surface area contributed by atoms with Gasteiger partial charge in [0.05, 0.1) is 6.10 Å². The fraction of sp³-hybridized carbons (Fsp3) is 0.286. The Kier molecular flexibility index (Phi) is 3.27. The van der Waals surface area contributed by atoms with Crippen molar-refractivity contribution >= 4 is 38.5 Å². The Hall–Kier alpha value is 0.320. The molecule has 2 nitrogen and oxygen atoms in total. The largest absolute Gasteiger partial charge is 0.389 e. The summed E-state index contributed by atoms with van der Waals surface area (Å²) in [4.78, 5) is 4.05. The summed E-state index contributed by atoms with van der Waals surface area (Å²) in [6.07, 6.45) is 1.28. The van der Waals surface area contributed by atoms with Crippen LogP contribution in [-0.4, -0.2) is 10.1 Å². The number of halogens is 2. The molecule has 0 aliphatic heterocycles. The summed E-state index contributed by atoms with van der Waals surface area (Å²) >= 11 is 5.42. The van der Waals surface area contributed by atoms with Gasteiger partial charge in [-0.15, -0.1) is 0 Å². The van der Waals surface area contributed by atoms with Gasteiger partial charge in [-0.25, -0.2) is 4.98 Å². The van der Waals surface area contributed by atoms with Crippen LogP contribution in [0.15, 0.2) is 16.9 Å². The van der Waals surface area contributed by atoms with Gasteiger partial charge in [-0.1, -0.05) is 0 Å². The standard InChI is InChI=1S/C7H7BrINO/c1-4(11)6-2-5(9)3-10-7(6)8/h2-4,11H,1H3. The molecule has 0 amide bonds. The van der Waals surface area contributed by atoms with Crippen molar-refractivity contribution < 1.29 is 5.11 Å². The van der Waals surface area contributed by atoms with Gasteiger partial charge in [0.1, 0.15) is 4.60 Å². The van der Waals surface area contributed by atoms with Crippen LogP contribution in [0.25, 0.3) is 0 Å². The first-order valence-electron chi connectivity index (χ1n) is 3.10. The van der Waals surface area contributed by atoms with E-state index in [2.05, 4.69) is 43.5 Å². The molecule has 0 spiro atoms. The second-order valence-corrected chi connectivity index (χ2v) is 4.21. The van der Waals surface area contributed by atoms with Crippen LogP contribution in [0.1, 0.15) is 18.6 Å². The lowest BCUT2D eigenvalue weighted by atomic mass is 10.2. The molecule has 1 aromatic heterocycles. The molecule has 1 atom stereocenters. The topological polar surface area (TPSA) is 33.1 Å². The van der Waals surface area contributed by atoms with Crippen molar-refractivity contribution in [2.75, 3.05) is 0 Å². The summed E-state index contributed by atoms with van der Waals surface area (Å²) in [6, 6.07) is 1.91. The van der Waals surface area contributed by atoms with Gasteiger partial charge < -0.3 is 5.11 Å². The maximum Gasteiger partial charge on any atom is 0.111 e. The van der Waals surface area contributed by atoms with Crippen LogP contribution in [0, 0.1) is 3.57 Å². The van der Waals surface area contributed by atoms with Gasteiger partial charge in [-0.05, 0) is 51.5 Å². The van der Waals surface area contributed by atoms with E-state index < -0.39 is 6.10 Å². The minimum Gasteiger partial charge on any atom is -0.389 e. The van der Waals surface area contributed by atoms with Crippen molar-refractivity contribution in [2.45, 2.75) is 13.0 Å². The van der Waals surface area contributed by atoms with Gasteiger partial charge in [0.2, 0.25) is 0 Å². The molecule has 1 unspecified atom stereocenters. The van der Waals surface area contributed by atoms with E-state index in [-0.39, 0.29) is 0 Å². The molecular formula is C7H7BrINO. The zero-order chi connectivity index (χ0) is 8.43. The quantitative estimate of drug-likeness (QED) is 0.635. The van der Waals surface area contributed by atoms with Gasteiger partial charge in [0.25, 0.3) is 0 Å². The molecule has 1 heterocycles. The highest BCUT2D eigenvalue weighted by molar-refractivity contribution is 14.1. The number of hydrogen-bond donors (Lipinski definition) is 1. The average Bonchev–Trinajstić information content (AvgIpc) is 1.94. The third-order valence-electron chi connectivity index (χ3n) is 1.28. The van der Waals surface area contributed by atoms with Crippen molar-refractivity contribution in [1.29, 1.82) is 0 Å². The lowest BCUT2D eigenvalue weighted by Gasteiger charge is -2.05. The Morgan fingerprint density at radius 2 is 2.36 bits per heavy atom. The summed E-state index contributed by atoms with van der Waals surface area (Å²) < 4.78 is 1.75. The van der Waals surface area contributed by atoms with E-state index in [0.717, 1.165) is 9.13 Å². The molecule has 0 aliphatic rings. The first-order chi connectivity index (χ1) is 5.11. The summed E-state index contributed by atoms with van der Waals surface area (Å²) in [5, 5.41) is 9.26. The van der Waals surface area contributed by atoms with Gasteiger partial charge in [-0.2, -0.15) is 0 Å². The molecule has 1 rings (SSSR count). The molecular weight excluding hydrogens is 321 g/mol. The number of pyridine rings is 1. The van der Waals surface area contributed by atoms with E-state index in [0.29, 0.717) is 4.60 Å². The highest BCUT2D eigenvalue weighted by Gasteiger charge is 2.06. The molecule has 0 aromatic carbocycles. The summed E-state index contributed by atoms with van der Waals surface area (Å²) in [6.45, 7) is 1.72. The minimum atomic E-state index is -0.466. The van der Waals surface area contributed by atoms with Crippen molar-refractivity contribution in [1.82, 2.24) is 4.98 Å². The number of aliphatic hydroxyl groups excluding tert-OH is 1. The van der Waals surface area contributed by atoms with Crippen molar-refractivity contribution in [2.24, 2.45) is 0 Å². The van der Waals surface area contributed by atoms with E-state index in [4.69, 9.17) is 0 Å². The predicted octanol–water partition coefficient (Wildman–Crippen LogP) is 2.50. The SMILES string of the molecule is CC(O)c1cc(I)cnc1Br. The van der Waals surface area contributed by atoms with Gasteiger partial charge in [-0.3, -0.25) is 0 Å². The van der Waals surface area contributed by atoms with Crippen LogP contribution in [0.5, 0.6) is 0 Å². The first kappa shape index (κ1) is 9.41. The van der Waals surface area contributed by atoms with Gasteiger partial charge >= 0.3 is 0 Å². The minimum absolute atomic E-state index is 0.466. The molecule has 1 N–H and O–H groups in total. The van der Waals surface area contributed by atoms with Crippen molar-refractivity contribution in [3.05, 3.63) is 26.0 Å². The van der Waals surface area contributed by atoms with Crippen LogP contribution < -0.4 is 0 Å². The second-order valence-electron chi connectivity index (χ2n) is 2.21. The molecule has 11 heavy (non-hydrogen) atoms. The maximum atomic E-state index is 9.26. The van der Waals surface area contributed by atoms with Crippen LogP contribution in [0.4, 0.5) is 0 Å². The maximum absolute atomic E-state index is 9.26. The Labute approximate surface area is 87.3 Å². The molecule has 0 aliphatic carbocycles. The fourth-order valence-electron chi connectivity index (χ4n) is 0.731. The zero-order valence-electron chi connectivity index (χ0n) is 5.88. The average molecular weight is 328 g/mol. The summed E-state index contributed by atoms with van der Waals surface area (Å²) in [7, 11) is 0. The Bertz CT molecular complexity index is 265. The lowest BCUT2D eigenvalue weighted by Crippen LogP contribution is -1.95. The smallest absolute Gasteiger partial charge is 0.111 e. The highest BCUT2D eigenvalue weighted by atomic mass is 127. The molecule has 0 radical (unpaired) electrons. The van der Waals surface area contributed by atoms with Crippen molar-refractivity contribution in [3.63, 3.8) is 0 Å². The van der Waals surface area contributed by atoms with E-state index in [1.165, 1.54) is 0 Å². The molecule has 0 saturated carbocycles. The number of aliphatic hydroxyl groups is 1. The molecule has 1 aromatic rings. The van der Waals surface area contributed by atoms with E-state index in [9.17, 15) is 5.11 Å². The third kappa shape index (κ3) is 2.38. The van der Waals surface area contributed by atoms with Gasteiger partial charge in [0.15, 0.2) is 0 Å². The van der Waals surface area contributed by atoms with Crippen LogP contribution in [-0.2, 0) is 0 Å². The van der Waals surface area contributed by atoms with Crippen LogP contribution >= 0.6 is 38.5 Å². The monoisotopic (exact) mass is 327 g/mol. The Morgan fingerprint density at radius 1 is 1.73 bits per heavy atom. The normalized spacial score (nSPS) is 13.1. The fourth-order valence-corrected chi connectivity index (χ4v) is 1.75. The highest BCUT2D eigenvalue weighted by Crippen LogP contribution is 2.22. The van der Waals surface area contributed by atoms with Crippen LogP contribution in [0.2, 0.25) is 0 Å². The number of hydrogen-bond acceptors (Lipinski definition) is 2. The molecule has 0 saturated heterocycles. The zero-order valence-corrected chi connectivity index (χ0v) is 9.63. The Balaban J connectivity index is 3.13. The number of rotatable bonds is 1. The lowest BCUT2D eigenvalue weighted by molar-refractivity contribution is 0.198. The van der Waals surface area contributed by atoms with E-state index >= 15 is 0 Å². The van der Waals surface area contributed by atoms with Gasteiger partial charge in [0, 0.05) is 15.3 Å². The molecule has 0 fully saturated rings. The first-order valence-corrected chi connectivity index (χ1v) is 4.97. The molecule has 4 heteroatoms. The number of aromatic nitrogens is 1. The molecule has 0 bridgehead atoms. The Morgan fingerprint density at radius 3 is 2.82 bits per heavy atom. The van der Waals surface area contributed by atoms with E-state index in [1.807, 2.05) is 6.07 Å². The predicted molar refractivity (Wildman–Crippen MR) is 55.3 cm³/mol. The summed E-state index contributed by atoms with van der Waals surface area (Å²) in [5.74, 6) is 0. The summed E-state index contributed by atoms with van der Waals surface area (Å²) in [5.41, 5.74) is 0.830. The van der Waals surface area contributed by atoms with Crippen molar-refractivity contribution in [3.8, 4) is 0 Å². The molecule has 60 valence electrons. The number of nitrogens with zero attached hydrogens (tertiary/aromatic N) is 1.